The van der Waals surface area contributed by atoms with Gasteiger partial charge in [-0.3, -0.25) is 4.79 Å². The number of hydrogen-bond acceptors (Lipinski definition) is 7. The van der Waals surface area contributed by atoms with E-state index < -0.39 is 0 Å². The van der Waals surface area contributed by atoms with Crippen molar-refractivity contribution in [2.75, 3.05) is 18.2 Å². The Morgan fingerprint density at radius 2 is 2.16 bits per heavy atom. The molecule has 0 saturated heterocycles. The van der Waals surface area contributed by atoms with Gasteiger partial charge in [-0.25, -0.2) is 14.8 Å². The van der Waals surface area contributed by atoms with Gasteiger partial charge in [0, 0.05) is 16.8 Å². The van der Waals surface area contributed by atoms with E-state index in [1.807, 2.05) is 13.0 Å². The second-order valence-electron chi connectivity index (χ2n) is 5.72. The topological polar surface area (TPSA) is 81.2 Å². The van der Waals surface area contributed by atoms with Crippen molar-refractivity contribution in [3.8, 4) is 0 Å². The van der Waals surface area contributed by atoms with E-state index in [1.54, 1.807) is 6.20 Å². The van der Waals surface area contributed by atoms with Gasteiger partial charge in [0.1, 0.15) is 5.00 Å². The first kappa shape index (κ1) is 17.9. The van der Waals surface area contributed by atoms with Gasteiger partial charge in [0.2, 0.25) is 5.91 Å². The fourth-order valence-corrected chi connectivity index (χ4v) is 4.73. The van der Waals surface area contributed by atoms with E-state index in [4.69, 9.17) is 4.74 Å². The minimum atomic E-state index is -0.385. The summed E-state index contributed by atoms with van der Waals surface area (Å²) in [4.78, 5) is 34.1. The highest BCUT2D eigenvalue weighted by Crippen LogP contribution is 2.38. The van der Waals surface area contributed by atoms with Crippen molar-refractivity contribution in [3.05, 3.63) is 34.0 Å². The molecule has 6 nitrogen and oxygen atoms in total. The maximum atomic E-state index is 12.3. The van der Waals surface area contributed by atoms with Crippen LogP contribution in [0, 0.1) is 6.92 Å². The largest absolute Gasteiger partial charge is 0.465 e. The molecule has 0 aromatic carbocycles. The average Bonchev–Trinajstić information content (AvgIpc) is 2.97. The molecule has 0 fully saturated rings. The summed E-state index contributed by atoms with van der Waals surface area (Å²) < 4.78 is 4.92. The van der Waals surface area contributed by atoms with Gasteiger partial charge in [-0.2, -0.15) is 0 Å². The van der Waals surface area contributed by atoms with Gasteiger partial charge in [0.15, 0.2) is 5.16 Å². The highest BCUT2D eigenvalue weighted by molar-refractivity contribution is 7.99. The lowest BCUT2D eigenvalue weighted by Crippen LogP contribution is -2.16. The fraction of sp³-hybridized carbons (Fsp3) is 0.412. The molecule has 1 amide bonds. The number of aryl methyl sites for hydroxylation is 2. The molecule has 0 spiro atoms. The third-order valence-electron chi connectivity index (χ3n) is 3.92. The summed E-state index contributed by atoms with van der Waals surface area (Å²) in [6.45, 7) is 1.88. The normalized spacial score (nSPS) is 13.2. The summed E-state index contributed by atoms with van der Waals surface area (Å²) in [6.07, 6.45) is 5.65. The molecule has 1 N–H and O–H groups in total. The number of anilines is 1. The molecule has 2 aromatic heterocycles. The molecule has 1 aliphatic carbocycles. The lowest BCUT2D eigenvalue weighted by molar-refractivity contribution is -0.113. The monoisotopic (exact) mass is 377 g/mol. The van der Waals surface area contributed by atoms with Crippen molar-refractivity contribution in [2.24, 2.45) is 0 Å². The van der Waals surface area contributed by atoms with Crippen molar-refractivity contribution in [2.45, 2.75) is 37.8 Å². The molecule has 0 bridgehead atoms. The van der Waals surface area contributed by atoms with E-state index >= 15 is 0 Å². The number of amides is 1. The molecule has 0 saturated carbocycles. The first-order valence-electron chi connectivity index (χ1n) is 8.03. The van der Waals surface area contributed by atoms with Crippen molar-refractivity contribution < 1.29 is 14.3 Å². The summed E-state index contributed by atoms with van der Waals surface area (Å²) in [6, 6.07) is 1.81. The number of ether oxygens (including phenoxy) is 1. The summed E-state index contributed by atoms with van der Waals surface area (Å²) >= 11 is 2.76. The molecule has 0 atom stereocenters. The van der Waals surface area contributed by atoms with Gasteiger partial charge in [0.05, 0.1) is 18.4 Å². The molecular weight excluding hydrogens is 358 g/mol. The van der Waals surface area contributed by atoms with Crippen LogP contribution in [-0.4, -0.2) is 34.7 Å². The molecule has 25 heavy (non-hydrogen) atoms. The minimum Gasteiger partial charge on any atom is -0.465 e. The second-order valence-corrected chi connectivity index (χ2v) is 7.77. The number of aromatic nitrogens is 2. The van der Waals surface area contributed by atoms with Gasteiger partial charge in [-0.15, -0.1) is 11.3 Å². The number of esters is 1. The van der Waals surface area contributed by atoms with Crippen LogP contribution in [0.3, 0.4) is 0 Å². The summed E-state index contributed by atoms with van der Waals surface area (Å²) in [5.74, 6) is -0.379. The Morgan fingerprint density at radius 1 is 1.36 bits per heavy atom. The van der Waals surface area contributed by atoms with E-state index in [9.17, 15) is 9.59 Å². The number of thioether (sulfide) groups is 1. The highest BCUT2D eigenvalue weighted by atomic mass is 32.2. The van der Waals surface area contributed by atoms with Gasteiger partial charge in [-0.1, -0.05) is 11.8 Å². The highest BCUT2D eigenvalue weighted by Gasteiger charge is 2.26. The number of nitrogens with one attached hydrogen (secondary N) is 1. The standard InChI is InChI=1S/C17H19N3O3S2/c1-10-7-8-18-17(19-10)24-9-13(21)20-15-14(16(22)23-2)11-5-3-4-6-12(11)25-15/h7-8H,3-6,9H2,1-2H3,(H,20,21). The summed E-state index contributed by atoms with van der Waals surface area (Å²) in [7, 11) is 1.37. The van der Waals surface area contributed by atoms with Crippen LogP contribution in [0.4, 0.5) is 5.00 Å². The van der Waals surface area contributed by atoms with Gasteiger partial charge >= 0.3 is 5.97 Å². The number of thiophene rings is 1. The van der Waals surface area contributed by atoms with Crippen LogP contribution in [0.2, 0.25) is 0 Å². The predicted octanol–water partition coefficient (Wildman–Crippen LogP) is 3.24. The van der Waals surface area contributed by atoms with Crippen LogP contribution in [0.1, 0.15) is 39.3 Å². The lowest BCUT2D eigenvalue weighted by Gasteiger charge is -2.11. The van der Waals surface area contributed by atoms with Crippen molar-refractivity contribution in [3.63, 3.8) is 0 Å². The molecule has 2 aromatic rings. The van der Waals surface area contributed by atoms with Crippen LogP contribution in [0.15, 0.2) is 17.4 Å². The molecule has 2 heterocycles. The Hall–Kier alpha value is -1.93. The minimum absolute atomic E-state index is 0.182. The number of rotatable bonds is 5. The zero-order valence-corrected chi connectivity index (χ0v) is 15.8. The molecular formula is C17H19N3O3S2. The lowest BCUT2D eigenvalue weighted by atomic mass is 9.95. The smallest absolute Gasteiger partial charge is 0.341 e. The maximum Gasteiger partial charge on any atom is 0.341 e. The third-order valence-corrected chi connectivity index (χ3v) is 5.99. The van der Waals surface area contributed by atoms with E-state index in [2.05, 4.69) is 15.3 Å². The number of methoxy groups -OCH3 is 1. The number of nitrogens with zero attached hydrogens (tertiary/aromatic N) is 2. The van der Waals surface area contributed by atoms with Gasteiger partial charge in [0.25, 0.3) is 0 Å². The average molecular weight is 377 g/mol. The van der Waals surface area contributed by atoms with Gasteiger partial charge < -0.3 is 10.1 Å². The number of fused-ring (bicyclic) bond motifs is 1. The zero-order valence-electron chi connectivity index (χ0n) is 14.1. The number of carbonyl (C=O) groups excluding carboxylic acids is 2. The third kappa shape index (κ3) is 4.19. The molecule has 132 valence electrons. The van der Waals surface area contributed by atoms with Crippen molar-refractivity contribution in [1.29, 1.82) is 0 Å². The maximum absolute atomic E-state index is 12.3. The molecule has 3 rings (SSSR count). The Balaban J connectivity index is 1.72. The van der Waals surface area contributed by atoms with Crippen molar-refractivity contribution in [1.82, 2.24) is 9.97 Å². The number of carbonyl (C=O) groups is 2. The fourth-order valence-electron chi connectivity index (χ4n) is 2.76. The zero-order chi connectivity index (χ0) is 17.8. The summed E-state index contributed by atoms with van der Waals surface area (Å²) in [5, 5.41) is 4.03. The van der Waals surface area contributed by atoms with Crippen LogP contribution >= 0.6 is 23.1 Å². The Bertz CT molecular complexity index is 804. The molecule has 0 unspecified atom stereocenters. The van der Waals surface area contributed by atoms with Crippen LogP contribution in [-0.2, 0) is 22.4 Å². The second kappa shape index (κ2) is 7.97. The van der Waals surface area contributed by atoms with Crippen molar-refractivity contribution >= 4 is 40.0 Å². The van der Waals surface area contributed by atoms with Crippen LogP contribution in [0.25, 0.3) is 0 Å². The van der Waals surface area contributed by atoms with Crippen LogP contribution in [0.5, 0.6) is 0 Å². The Morgan fingerprint density at radius 3 is 2.92 bits per heavy atom. The summed E-state index contributed by atoms with van der Waals surface area (Å²) in [5.41, 5.74) is 2.41. The van der Waals surface area contributed by atoms with Gasteiger partial charge in [-0.05, 0) is 44.2 Å². The molecule has 0 aliphatic heterocycles. The quantitative estimate of drug-likeness (QED) is 0.489. The first-order valence-corrected chi connectivity index (χ1v) is 9.84. The molecule has 8 heteroatoms. The molecule has 0 radical (unpaired) electrons. The predicted molar refractivity (Wildman–Crippen MR) is 98.4 cm³/mol. The van der Waals surface area contributed by atoms with Crippen LogP contribution < -0.4 is 5.32 Å². The first-order chi connectivity index (χ1) is 12.1. The molecule has 1 aliphatic rings. The van der Waals surface area contributed by atoms with E-state index in [1.165, 1.54) is 35.1 Å². The Labute approximate surface area is 154 Å². The van der Waals surface area contributed by atoms with E-state index in [0.29, 0.717) is 15.7 Å². The Kier molecular flexibility index (Phi) is 5.70. The SMILES string of the molecule is COC(=O)c1c(NC(=O)CSc2nccc(C)n2)sc2c1CCCC2. The number of hydrogen-bond donors (Lipinski definition) is 1. The van der Waals surface area contributed by atoms with E-state index in [-0.39, 0.29) is 17.6 Å². The van der Waals surface area contributed by atoms with E-state index in [0.717, 1.165) is 36.9 Å².